The van der Waals surface area contributed by atoms with E-state index in [4.69, 9.17) is 17.3 Å². The summed E-state index contributed by atoms with van der Waals surface area (Å²) < 4.78 is 1.69. The predicted molar refractivity (Wildman–Crippen MR) is 111 cm³/mol. The van der Waals surface area contributed by atoms with Crippen LogP contribution in [0.25, 0.3) is 11.2 Å². The van der Waals surface area contributed by atoms with Crippen LogP contribution in [0.1, 0.15) is 26.3 Å². The lowest BCUT2D eigenvalue weighted by Crippen LogP contribution is -2.30. The molecule has 2 heterocycles. The van der Waals surface area contributed by atoms with Crippen LogP contribution < -0.4 is 16.4 Å². The van der Waals surface area contributed by atoms with Crippen molar-refractivity contribution >= 4 is 40.2 Å². The van der Waals surface area contributed by atoms with Gasteiger partial charge >= 0.3 is 0 Å². The summed E-state index contributed by atoms with van der Waals surface area (Å²) in [6.07, 6.45) is 0. The van der Waals surface area contributed by atoms with Crippen LogP contribution in [-0.2, 0) is 13.1 Å². The minimum Gasteiger partial charge on any atom is -0.398 e. The van der Waals surface area contributed by atoms with Gasteiger partial charge in [0.25, 0.3) is 0 Å². The highest BCUT2D eigenvalue weighted by atomic mass is 35.5. The molecule has 0 fully saturated rings. The highest BCUT2D eigenvalue weighted by Gasteiger charge is 2.18. The summed E-state index contributed by atoms with van der Waals surface area (Å²) in [6, 6.07) is 5.22. The van der Waals surface area contributed by atoms with E-state index in [9.17, 15) is 5.11 Å². The molecule has 0 saturated heterocycles. The maximum atomic E-state index is 9.62. The van der Waals surface area contributed by atoms with Gasteiger partial charge in [-0.05, 0) is 25.0 Å². The first kappa shape index (κ1) is 20.1. The molecule has 0 saturated carbocycles. The van der Waals surface area contributed by atoms with Crippen molar-refractivity contribution in [2.75, 3.05) is 23.0 Å². The Morgan fingerprint density at radius 3 is 2.71 bits per heavy atom. The number of hydrogen-bond donors (Lipinski definition) is 4. The van der Waals surface area contributed by atoms with Gasteiger partial charge in [0.15, 0.2) is 17.0 Å². The zero-order valence-electron chi connectivity index (χ0n) is 16.1. The van der Waals surface area contributed by atoms with Gasteiger partial charge in [-0.25, -0.2) is 4.68 Å². The Hall–Kier alpha value is -2.65. The Labute approximate surface area is 168 Å². The van der Waals surface area contributed by atoms with Crippen molar-refractivity contribution in [2.45, 2.75) is 39.9 Å². The van der Waals surface area contributed by atoms with Gasteiger partial charge in [-0.3, -0.25) is 0 Å². The van der Waals surface area contributed by atoms with E-state index >= 15 is 0 Å². The maximum Gasteiger partial charge on any atom is 0.227 e. The number of fused-ring (bicyclic) bond motifs is 1. The van der Waals surface area contributed by atoms with Gasteiger partial charge in [0.05, 0.1) is 12.6 Å². The van der Waals surface area contributed by atoms with Gasteiger partial charge < -0.3 is 21.5 Å². The van der Waals surface area contributed by atoms with Gasteiger partial charge in [-0.2, -0.15) is 9.97 Å². The maximum absolute atomic E-state index is 9.62. The fourth-order valence-corrected chi connectivity index (χ4v) is 3.03. The van der Waals surface area contributed by atoms with E-state index in [0.717, 1.165) is 5.56 Å². The van der Waals surface area contributed by atoms with E-state index < -0.39 is 0 Å². The third-order valence-electron chi connectivity index (χ3n) is 4.57. The van der Waals surface area contributed by atoms with E-state index in [-0.39, 0.29) is 18.6 Å². The molecule has 0 unspecified atom stereocenters. The molecular weight excluding hydrogens is 380 g/mol. The summed E-state index contributed by atoms with van der Waals surface area (Å²) in [5.74, 6) is 1.12. The number of aliphatic hydroxyl groups excluding tert-OH is 1. The van der Waals surface area contributed by atoms with E-state index in [2.05, 4.69) is 30.9 Å². The van der Waals surface area contributed by atoms with Crippen LogP contribution in [0.3, 0.4) is 0 Å². The molecule has 0 bridgehead atoms. The SMILES string of the molecule is CCn1nnc2c(NCc3c(N)cccc3Cl)nc(N[C@@H](CO)C(C)C)nc21. The Balaban J connectivity index is 1.96. The van der Waals surface area contributed by atoms with Crippen molar-refractivity contribution in [1.29, 1.82) is 0 Å². The lowest BCUT2D eigenvalue weighted by atomic mass is 10.1. The van der Waals surface area contributed by atoms with Gasteiger partial charge in [0, 0.05) is 29.4 Å². The Bertz CT molecular complexity index is 938. The second-order valence-corrected chi connectivity index (χ2v) is 7.22. The molecule has 0 amide bonds. The third kappa shape index (κ3) is 4.10. The molecule has 28 heavy (non-hydrogen) atoms. The number of hydrogen-bond acceptors (Lipinski definition) is 8. The number of aliphatic hydroxyl groups is 1. The molecule has 5 N–H and O–H groups in total. The molecule has 2 aromatic heterocycles. The number of nitrogens with zero attached hydrogens (tertiary/aromatic N) is 5. The normalized spacial score (nSPS) is 12.5. The molecule has 9 nitrogen and oxygen atoms in total. The van der Waals surface area contributed by atoms with Crippen molar-refractivity contribution in [3.63, 3.8) is 0 Å². The smallest absolute Gasteiger partial charge is 0.227 e. The summed E-state index contributed by atoms with van der Waals surface area (Å²) in [4.78, 5) is 9.09. The fourth-order valence-electron chi connectivity index (χ4n) is 2.78. The third-order valence-corrected chi connectivity index (χ3v) is 4.92. The molecule has 3 aromatic rings. The second-order valence-electron chi connectivity index (χ2n) is 6.81. The minimum absolute atomic E-state index is 0.0245. The van der Waals surface area contributed by atoms with Crippen molar-refractivity contribution < 1.29 is 5.11 Å². The quantitative estimate of drug-likeness (QED) is 0.422. The van der Waals surface area contributed by atoms with Crippen LogP contribution in [0.15, 0.2) is 18.2 Å². The van der Waals surface area contributed by atoms with Crippen molar-refractivity contribution in [3.05, 3.63) is 28.8 Å². The molecule has 0 aliphatic carbocycles. The van der Waals surface area contributed by atoms with Crippen molar-refractivity contribution in [2.24, 2.45) is 5.92 Å². The van der Waals surface area contributed by atoms with E-state index in [1.165, 1.54) is 0 Å². The van der Waals surface area contributed by atoms with Gasteiger partial charge in [0.2, 0.25) is 5.95 Å². The lowest BCUT2D eigenvalue weighted by molar-refractivity contribution is 0.248. The molecule has 10 heteroatoms. The average molecular weight is 405 g/mol. The first-order valence-corrected chi connectivity index (χ1v) is 9.57. The van der Waals surface area contributed by atoms with Gasteiger partial charge in [-0.15, -0.1) is 5.10 Å². The van der Waals surface area contributed by atoms with Crippen LogP contribution >= 0.6 is 11.6 Å². The number of nitrogen functional groups attached to an aromatic ring is 1. The Morgan fingerprint density at radius 1 is 1.29 bits per heavy atom. The first-order valence-electron chi connectivity index (χ1n) is 9.19. The molecule has 0 aliphatic heterocycles. The summed E-state index contributed by atoms with van der Waals surface area (Å²) in [6.45, 7) is 6.98. The Morgan fingerprint density at radius 2 is 2.07 bits per heavy atom. The minimum atomic E-state index is -0.171. The number of anilines is 3. The van der Waals surface area contributed by atoms with Crippen molar-refractivity contribution in [3.8, 4) is 0 Å². The van der Waals surface area contributed by atoms with Gasteiger partial charge in [0.1, 0.15) is 0 Å². The van der Waals surface area contributed by atoms with Gasteiger partial charge in [-0.1, -0.05) is 36.7 Å². The van der Waals surface area contributed by atoms with Crippen LogP contribution in [0.2, 0.25) is 5.02 Å². The largest absolute Gasteiger partial charge is 0.398 e. The Kier molecular flexibility index (Phi) is 6.15. The molecule has 0 aliphatic rings. The number of nitrogens with one attached hydrogen (secondary N) is 2. The molecular formula is C18H25ClN8O. The average Bonchev–Trinajstić information content (AvgIpc) is 3.08. The standard InChI is InChI=1S/C18H25ClN8O/c1-4-27-17-15(25-26-27)16(21-8-11-12(19)6-5-7-13(11)20)23-18(24-17)22-14(9-28)10(2)3/h5-7,10,14,28H,4,8-9,20H2,1-3H3,(H2,21,22,23,24)/t14-/m0/s1. The summed E-state index contributed by atoms with van der Waals surface area (Å²) in [5.41, 5.74) is 8.59. The summed E-state index contributed by atoms with van der Waals surface area (Å²) in [5, 5.41) is 25.0. The zero-order chi connectivity index (χ0) is 20.3. The number of benzene rings is 1. The fraction of sp³-hybridized carbons (Fsp3) is 0.444. The van der Waals surface area contributed by atoms with Crippen LogP contribution in [0.5, 0.6) is 0 Å². The first-order chi connectivity index (χ1) is 13.4. The van der Waals surface area contributed by atoms with Crippen LogP contribution in [0.4, 0.5) is 17.5 Å². The van der Waals surface area contributed by atoms with E-state index in [1.807, 2.05) is 20.8 Å². The number of nitrogens with two attached hydrogens (primary N) is 1. The summed E-state index contributed by atoms with van der Waals surface area (Å²) in [7, 11) is 0. The zero-order valence-corrected chi connectivity index (χ0v) is 16.9. The van der Waals surface area contributed by atoms with Crippen LogP contribution in [0, 0.1) is 5.92 Å². The molecule has 0 spiro atoms. The number of aromatic nitrogens is 5. The molecule has 150 valence electrons. The highest BCUT2D eigenvalue weighted by Crippen LogP contribution is 2.25. The highest BCUT2D eigenvalue weighted by molar-refractivity contribution is 6.31. The summed E-state index contributed by atoms with van der Waals surface area (Å²) >= 11 is 6.27. The van der Waals surface area contributed by atoms with Crippen LogP contribution in [-0.4, -0.2) is 42.7 Å². The van der Waals surface area contributed by atoms with E-state index in [0.29, 0.717) is 46.7 Å². The number of rotatable bonds is 8. The topological polar surface area (TPSA) is 127 Å². The molecule has 1 atom stereocenters. The van der Waals surface area contributed by atoms with E-state index in [1.54, 1.807) is 22.9 Å². The number of halogens is 1. The monoisotopic (exact) mass is 404 g/mol. The second kappa shape index (κ2) is 8.57. The molecule has 1 aromatic carbocycles. The molecule has 0 radical (unpaired) electrons. The predicted octanol–water partition coefficient (Wildman–Crippen LogP) is 2.52. The lowest BCUT2D eigenvalue weighted by Gasteiger charge is -2.20. The number of aryl methyl sites for hydroxylation is 1. The molecule has 3 rings (SSSR count). The van der Waals surface area contributed by atoms with Crippen molar-refractivity contribution in [1.82, 2.24) is 25.0 Å².